The number of ether oxygens (including phenoxy) is 2. The molecule has 3 aromatic rings. The molecular formula is C19H20N4O3. The third-order valence-corrected chi connectivity index (χ3v) is 4.61. The average Bonchev–Trinajstić information content (AvgIpc) is 3.13. The van der Waals surface area contributed by atoms with Gasteiger partial charge in [-0.2, -0.15) is 4.68 Å². The van der Waals surface area contributed by atoms with E-state index in [9.17, 15) is 4.79 Å². The summed E-state index contributed by atoms with van der Waals surface area (Å²) in [6.45, 7) is 1.27. The lowest BCUT2D eigenvalue weighted by Crippen LogP contribution is -2.43. The number of benzene rings is 2. The maximum Gasteiger partial charge on any atom is 0.346 e. The Kier molecular flexibility index (Phi) is 4.43. The number of nitrogens with zero attached hydrogens (tertiary/aromatic N) is 4. The van der Waals surface area contributed by atoms with Crippen molar-refractivity contribution in [2.24, 2.45) is 0 Å². The fraction of sp³-hybridized carbons (Fsp3) is 0.316. The maximum absolute atomic E-state index is 12.7. The van der Waals surface area contributed by atoms with Gasteiger partial charge in [-0.3, -0.25) is 0 Å². The van der Waals surface area contributed by atoms with E-state index in [2.05, 4.69) is 10.3 Å². The number of carbonyl (C=O) groups is 1. The molecule has 0 unspecified atom stereocenters. The SMILES string of the molecule is COc1ccc(OC2CCN(C(=O)n3nnc4ccccc43)CC2)cc1. The molecule has 7 heteroatoms. The normalized spacial score (nSPS) is 15.2. The van der Waals surface area contributed by atoms with Gasteiger partial charge in [0.25, 0.3) is 0 Å². The molecule has 0 radical (unpaired) electrons. The molecule has 26 heavy (non-hydrogen) atoms. The van der Waals surface area contributed by atoms with E-state index in [1.54, 1.807) is 12.0 Å². The molecule has 1 saturated heterocycles. The predicted octanol–water partition coefficient (Wildman–Crippen LogP) is 2.95. The average molecular weight is 352 g/mol. The molecule has 1 aliphatic heterocycles. The number of fused-ring (bicyclic) bond motifs is 1. The molecule has 1 fully saturated rings. The highest BCUT2D eigenvalue weighted by Crippen LogP contribution is 2.22. The number of rotatable bonds is 3. The van der Waals surface area contributed by atoms with Gasteiger partial charge in [0.2, 0.25) is 0 Å². The molecule has 2 aromatic carbocycles. The van der Waals surface area contributed by atoms with Crippen LogP contribution >= 0.6 is 0 Å². The van der Waals surface area contributed by atoms with Crippen molar-refractivity contribution in [1.29, 1.82) is 0 Å². The number of hydrogen-bond acceptors (Lipinski definition) is 5. The van der Waals surface area contributed by atoms with Crippen LogP contribution in [0.1, 0.15) is 12.8 Å². The van der Waals surface area contributed by atoms with Crippen molar-refractivity contribution < 1.29 is 14.3 Å². The molecule has 1 aromatic heterocycles. The summed E-state index contributed by atoms with van der Waals surface area (Å²) in [5.41, 5.74) is 1.45. The zero-order valence-electron chi connectivity index (χ0n) is 14.5. The van der Waals surface area contributed by atoms with Gasteiger partial charge >= 0.3 is 6.03 Å². The van der Waals surface area contributed by atoms with Crippen LogP contribution in [-0.2, 0) is 0 Å². The van der Waals surface area contributed by atoms with Crippen LogP contribution in [0, 0.1) is 0 Å². The summed E-state index contributed by atoms with van der Waals surface area (Å²) in [5, 5.41) is 8.06. The van der Waals surface area contributed by atoms with Gasteiger partial charge in [-0.05, 0) is 36.4 Å². The number of aromatic nitrogens is 3. The first-order chi connectivity index (χ1) is 12.7. The van der Waals surface area contributed by atoms with E-state index < -0.39 is 0 Å². The fourth-order valence-electron chi connectivity index (χ4n) is 3.16. The van der Waals surface area contributed by atoms with E-state index in [1.807, 2.05) is 48.5 Å². The molecule has 0 aliphatic carbocycles. The van der Waals surface area contributed by atoms with Crippen LogP contribution < -0.4 is 9.47 Å². The quantitative estimate of drug-likeness (QED) is 0.725. The van der Waals surface area contributed by atoms with E-state index in [0.29, 0.717) is 13.1 Å². The van der Waals surface area contributed by atoms with Crippen LogP contribution in [0.15, 0.2) is 48.5 Å². The van der Waals surface area contributed by atoms with Gasteiger partial charge in [0.05, 0.1) is 12.6 Å². The molecule has 0 saturated carbocycles. The summed E-state index contributed by atoms with van der Waals surface area (Å²) < 4.78 is 12.5. The first-order valence-electron chi connectivity index (χ1n) is 8.65. The molecule has 4 rings (SSSR count). The summed E-state index contributed by atoms with van der Waals surface area (Å²) in [6, 6.07) is 14.9. The van der Waals surface area contributed by atoms with Gasteiger partial charge in [-0.25, -0.2) is 4.79 Å². The number of carbonyl (C=O) groups excluding carboxylic acids is 1. The van der Waals surface area contributed by atoms with Gasteiger partial charge in [-0.15, -0.1) is 5.10 Å². The standard InChI is InChI=1S/C19H20N4O3/c1-25-14-6-8-15(9-7-14)26-16-10-12-22(13-11-16)19(24)23-18-5-3-2-4-17(18)20-21-23/h2-9,16H,10-13H2,1H3. The Morgan fingerprint density at radius 3 is 2.46 bits per heavy atom. The zero-order valence-corrected chi connectivity index (χ0v) is 14.5. The highest BCUT2D eigenvalue weighted by Gasteiger charge is 2.26. The minimum atomic E-state index is -0.137. The summed E-state index contributed by atoms with van der Waals surface area (Å²) in [7, 11) is 1.64. The Balaban J connectivity index is 1.37. The number of amides is 1. The number of likely N-dealkylation sites (tertiary alicyclic amines) is 1. The van der Waals surface area contributed by atoms with E-state index in [0.717, 1.165) is 35.4 Å². The molecule has 134 valence electrons. The summed E-state index contributed by atoms with van der Waals surface area (Å²) in [4.78, 5) is 14.5. The maximum atomic E-state index is 12.7. The molecular weight excluding hydrogens is 332 g/mol. The van der Waals surface area contributed by atoms with Crippen molar-refractivity contribution in [2.75, 3.05) is 20.2 Å². The lowest BCUT2D eigenvalue weighted by Gasteiger charge is -2.31. The van der Waals surface area contributed by atoms with E-state index in [1.165, 1.54) is 4.68 Å². The number of hydrogen-bond donors (Lipinski definition) is 0. The van der Waals surface area contributed by atoms with Gasteiger partial charge in [0, 0.05) is 25.9 Å². The van der Waals surface area contributed by atoms with Crippen molar-refractivity contribution in [3.63, 3.8) is 0 Å². The molecule has 0 atom stereocenters. The molecule has 2 heterocycles. The minimum absolute atomic E-state index is 0.0972. The van der Waals surface area contributed by atoms with Crippen LogP contribution in [-0.4, -0.2) is 52.2 Å². The van der Waals surface area contributed by atoms with Crippen LogP contribution in [0.4, 0.5) is 4.79 Å². The lowest BCUT2D eigenvalue weighted by atomic mass is 10.1. The smallest absolute Gasteiger partial charge is 0.346 e. The van der Waals surface area contributed by atoms with Crippen molar-refractivity contribution in [1.82, 2.24) is 19.9 Å². The number of piperidine rings is 1. The molecule has 1 aliphatic rings. The molecule has 0 spiro atoms. The lowest BCUT2D eigenvalue weighted by molar-refractivity contribution is 0.110. The van der Waals surface area contributed by atoms with Crippen molar-refractivity contribution >= 4 is 17.1 Å². The van der Waals surface area contributed by atoms with E-state index in [-0.39, 0.29) is 12.1 Å². The third kappa shape index (κ3) is 3.20. The Bertz CT molecular complexity index is 899. The van der Waals surface area contributed by atoms with Crippen LogP contribution in [0.2, 0.25) is 0 Å². The second kappa shape index (κ2) is 7.03. The molecule has 7 nitrogen and oxygen atoms in total. The monoisotopic (exact) mass is 352 g/mol. The van der Waals surface area contributed by atoms with Crippen molar-refractivity contribution in [3.8, 4) is 11.5 Å². The molecule has 0 bridgehead atoms. The highest BCUT2D eigenvalue weighted by molar-refractivity contribution is 5.87. The Hall–Kier alpha value is -3.09. The van der Waals surface area contributed by atoms with E-state index >= 15 is 0 Å². The van der Waals surface area contributed by atoms with Gasteiger partial charge in [-0.1, -0.05) is 17.3 Å². The largest absolute Gasteiger partial charge is 0.497 e. The highest BCUT2D eigenvalue weighted by atomic mass is 16.5. The molecule has 0 N–H and O–H groups in total. The van der Waals surface area contributed by atoms with Crippen molar-refractivity contribution in [3.05, 3.63) is 48.5 Å². The fourth-order valence-corrected chi connectivity index (χ4v) is 3.16. The van der Waals surface area contributed by atoms with Crippen molar-refractivity contribution in [2.45, 2.75) is 18.9 Å². The van der Waals surface area contributed by atoms with E-state index in [4.69, 9.17) is 9.47 Å². The second-order valence-corrected chi connectivity index (χ2v) is 6.25. The zero-order chi connectivity index (χ0) is 17.9. The van der Waals surface area contributed by atoms with Crippen LogP contribution in [0.5, 0.6) is 11.5 Å². The Morgan fingerprint density at radius 2 is 1.73 bits per heavy atom. The van der Waals surface area contributed by atoms with Crippen LogP contribution in [0.25, 0.3) is 11.0 Å². The summed E-state index contributed by atoms with van der Waals surface area (Å²) in [6.07, 6.45) is 1.66. The van der Waals surface area contributed by atoms with Gasteiger partial charge in [0.1, 0.15) is 23.1 Å². The minimum Gasteiger partial charge on any atom is -0.497 e. The second-order valence-electron chi connectivity index (χ2n) is 6.25. The van der Waals surface area contributed by atoms with Crippen LogP contribution in [0.3, 0.4) is 0 Å². The third-order valence-electron chi connectivity index (χ3n) is 4.61. The Labute approximate surface area is 151 Å². The summed E-state index contributed by atoms with van der Waals surface area (Å²) >= 11 is 0. The van der Waals surface area contributed by atoms with Gasteiger partial charge in [0.15, 0.2) is 0 Å². The number of para-hydroxylation sites is 1. The predicted molar refractivity (Wildman–Crippen MR) is 96.5 cm³/mol. The first kappa shape index (κ1) is 16.4. The first-order valence-corrected chi connectivity index (χ1v) is 8.65. The molecule has 1 amide bonds. The Morgan fingerprint density at radius 1 is 1.04 bits per heavy atom. The number of methoxy groups -OCH3 is 1. The topological polar surface area (TPSA) is 69.5 Å². The van der Waals surface area contributed by atoms with Gasteiger partial charge < -0.3 is 14.4 Å². The summed E-state index contributed by atoms with van der Waals surface area (Å²) in [5.74, 6) is 1.62.